The van der Waals surface area contributed by atoms with Crippen LogP contribution in [0.1, 0.15) is 32.0 Å². The van der Waals surface area contributed by atoms with Gasteiger partial charge in [-0.15, -0.1) is 0 Å². The van der Waals surface area contributed by atoms with Crippen LogP contribution in [0.2, 0.25) is 0 Å². The number of nitrogens with two attached hydrogens (primary N) is 1. The summed E-state index contributed by atoms with van der Waals surface area (Å²) in [6, 6.07) is 19.6. The van der Waals surface area contributed by atoms with E-state index < -0.39 is 0 Å². The lowest BCUT2D eigenvalue weighted by Gasteiger charge is -2.07. The van der Waals surface area contributed by atoms with E-state index in [2.05, 4.69) is 5.32 Å². The van der Waals surface area contributed by atoms with Gasteiger partial charge in [0, 0.05) is 17.4 Å². The molecule has 0 saturated heterocycles. The fraction of sp³-hybridized carbons (Fsp3) is 0.0833. The minimum atomic E-state index is -0.385. The van der Waals surface area contributed by atoms with E-state index in [0.29, 0.717) is 22.5 Å². The number of fused-ring (bicyclic) bond motifs is 1. The molecular weight excluding hydrogens is 378 g/mol. The van der Waals surface area contributed by atoms with Crippen molar-refractivity contribution in [2.24, 2.45) is 0 Å². The molecule has 30 heavy (non-hydrogen) atoms. The van der Waals surface area contributed by atoms with Gasteiger partial charge in [-0.05, 0) is 43.3 Å². The molecule has 0 fully saturated rings. The van der Waals surface area contributed by atoms with Gasteiger partial charge in [-0.1, -0.05) is 35.9 Å². The number of carbonyl (C=O) groups excluding carboxylic acids is 2. The maximum absolute atomic E-state index is 13.2. The average molecular weight is 399 g/mol. The summed E-state index contributed by atoms with van der Waals surface area (Å²) in [6.45, 7) is 1.96. The second-order valence-electron chi connectivity index (χ2n) is 6.97. The highest BCUT2D eigenvalue weighted by Gasteiger charge is 2.26. The number of hydrogen-bond donors (Lipinski definition) is 2. The monoisotopic (exact) mass is 399 g/mol. The average Bonchev–Trinajstić information content (AvgIpc) is 3.06. The minimum Gasteiger partial charge on any atom is -0.497 e. The number of nitrogens with one attached hydrogen (secondary N) is 1. The number of ketones is 1. The highest BCUT2D eigenvalue weighted by Crippen LogP contribution is 2.29. The number of pyridine rings is 1. The number of anilines is 2. The highest BCUT2D eigenvalue weighted by molar-refractivity contribution is 6.20. The van der Waals surface area contributed by atoms with Gasteiger partial charge in [-0.25, -0.2) is 0 Å². The Hall–Kier alpha value is -4.06. The maximum atomic E-state index is 13.2. The number of amides is 1. The largest absolute Gasteiger partial charge is 0.497 e. The smallest absolute Gasteiger partial charge is 0.259 e. The Bertz CT molecular complexity index is 1240. The summed E-state index contributed by atoms with van der Waals surface area (Å²) < 4.78 is 6.81. The molecule has 1 amide bonds. The van der Waals surface area contributed by atoms with Gasteiger partial charge >= 0.3 is 0 Å². The zero-order chi connectivity index (χ0) is 21.3. The molecule has 2 heterocycles. The van der Waals surface area contributed by atoms with Gasteiger partial charge in [0.2, 0.25) is 5.78 Å². The second kappa shape index (κ2) is 7.75. The van der Waals surface area contributed by atoms with Crippen molar-refractivity contribution in [3.8, 4) is 5.75 Å². The molecule has 4 aromatic rings. The molecule has 0 saturated carbocycles. The number of rotatable bonds is 5. The molecule has 3 N–H and O–H groups in total. The number of aryl methyl sites for hydroxylation is 1. The summed E-state index contributed by atoms with van der Waals surface area (Å²) in [6.07, 6.45) is 1.73. The Balaban J connectivity index is 1.77. The summed E-state index contributed by atoms with van der Waals surface area (Å²) in [4.78, 5) is 26.3. The zero-order valence-electron chi connectivity index (χ0n) is 16.7. The van der Waals surface area contributed by atoms with Crippen molar-refractivity contribution in [1.29, 1.82) is 0 Å². The van der Waals surface area contributed by atoms with Crippen LogP contribution in [-0.4, -0.2) is 23.2 Å². The van der Waals surface area contributed by atoms with Crippen LogP contribution in [0.25, 0.3) is 5.52 Å². The van der Waals surface area contributed by atoms with Crippen LogP contribution < -0.4 is 15.8 Å². The van der Waals surface area contributed by atoms with Crippen LogP contribution in [0.3, 0.4) is 0 Å². The van der Waals surface area contributed by atoms with Gasteiger partial charge in [0.25, 0.3) is 5.91 Å². The summed E-state index contributed by atoms with van der Waals surface area (Å²) in [5.41, 5.74) is 9.78. The molecule has 0 unspecified atom stereocenters. The van der Waals surface area contributed by atoms with Crippen molar-refractivity contribution in [1.82, 2.24) is 4.40 Å². The van der Waals surface area contributed by atoms with Crippen LogP contribution in [0.4, 0.5) is 11.4 Å². The first-order valence-corrected chi connectivity index (χ1v) is 9.45. The number of nitrogens with zero attached hydrogens (tertiary/aromatic N) is 1. The summed E-state index contributed by atoms with van der Waals surface area (Å²) in [5.74, 6) is 0.0642. The molecule has 4 rings (SSSR count). The van der Waals surface area contributed by atoms with Gasteiger partial charge in [0.1, 0.15) is 11.4 Å². The predicted octanol–water partition coefficient (Wildman–Crippen LogP) is 4.32. The zero-order valence-corrected chi connectivity index (χ0v) is 16.7. The van der Waals surface area contributed by atoms with E-state index in [4.69, 9.17) is 10.5 Å². The van der Waals surface area contributed by atoms with Gasteiger partial charge < -0.3 is 20.2 Å². The highest BCUT2D eigenvalue weighted by atomic mass is 16.5. The lowest BCUT2D eigenvalue weighted by molar-refractivity contribution is 0.102. The van der Waals surface area contributed by atoms with Crippen LogP contribution in [0.5, 0.6) is 5.75 Å². The molecule has 6 heteroatoms. The van der Waals surface area contributed by atoms with Gasteiger partial charge in [0.05, 0.1) is 23.9 Å². The van der Waals surface area contributed by atoms with Crippen molar-refractivity contribution in [2.75, 3.05) is 18.2 Å². The Labute approximate surface area is 173 Å². The molecule has 2 aromatic carbocycles. The first-order valence-electron chi connectivity index (χ1n) is 9.45. The number of hydrogen-bond acceptors (Lipinski definition) is 4. The Morgan fingerprint density at radius 3 is 2.33 bits per heavy atom. The molecule has 0 aliphatic rings. The Morgan fingerprint density at radius 1 is 0.967 bits per heavy atom. The third-order valence-corrected chi connectivity index (χ3v) is 4.99. The number of nitrogen functional groups attached to an aromatic ring is 1. The van der Waals surface area contributed by atoms with Gasteiger partial charge in [0.15, 0.2) is 0 Å². The lowest BCUT2D eigenvalue weighted by atomic mass is 10.0. The van der Waals surface area contributed by atoms with Crippen molar-refractivity contribution >= 4 is 28.6 Å². The molecule has 0 bridgehead atoms. The summed E-state index contributed by atoms with van der Waals surface area (Å²) >= 11 is 0. The second-order valence-corrected chi connectivity index (χ2v) is 6.97. The quantitative estimate of drug-likeness (QED) is 0.489. The summed E-state index contributed by atoms with van der Waals surface area (Å²) in [5, 5.41) is 2.84. The van der Waals surface area contributed by atoms with E-state index in [9.17, 15) is 9.59 Å². The number of methoxy groups -OCH3 is 1. The van der Waals surface area contributed by atoms with Crippen molar-refractivity contribution in [3.63, 3.8) is 0 Å². The van der Waals surface area contributed by atoms with Crippen molar-refractivity contribution in [3.05, 3.63) is 95.3 Å². The van der Waals surface area contributed by atoms with Gasteiger partial charge in [-0.2, -0.15) is 0 Å². The molecule has 150 valence electrons. The Kier molecular flexibility index (Phi) is 4.98. The van der Waals surface area contributed by atoms with Crippen molar-refractivity contribution in [2.45, 2.75) is 6.92 Å². The Morgan fingerprint density at radius 2 is 1.67 bits per heavy atom. The maximum Gasteiger partial charge on any atom is 0.259 e. The number of benzene rings is 2. The normalized spacial score (nSPS) is 10.7. The lowest BCUT2D eigenvalue weighted by Crippen LogP contribution is -2.14. The molecule has 0 aliphatic heterocycles. The van der Waals surface area contributed by atoms with E-state index in [1.165, 1.54) is 0 Å². The topological polar surface area (TPSA) is 85.8 Å². The van der Waals surface area contributed by atoms with Crippen molar-refractivity contribution < 1.29 is 14.3 Å². The number of aromatic nitrogens is 1. The fourth-order valence-electron chi connectivity index (χ4n) is 3.41. The molecule has 0 spiro atoms. The molecular formula is C24H21N3O3. The van der Waals surface area contributed by atoms with E-state index in [1.807, 2.05) is 19.1 Å². The standard InChI is InChI=1S/C24H21N3O3/c1-15-6-8-16(9-7-15)23(28)22-21(25)20(19-5-3-4-14-27(19)22)24(29)26-17-10-12-18(30-2)13-11-17/h3-14H,25H2,1-2H3,(H,26,29). The van der Waals surface area contributed by atoms with Crippen LogP contribution in [0, 0.1) is 6.92 Å². The number of carbonyl (C=O) groups is 2. The predicted molar refractivity (Wildman–Crippen MR) is 117 cm³/mol. The van der Waals surface area contributed by atoms with Crippen LogP contribution >= 0.6 is 0 Å². The van der Waals surface area contributed by atoms with Crippen LogP contribution in [-0.2, 0) is 0 Å². The van der Waals surface area contributed by atoms with E-state index in [1.54, 1.807) is 72.3 Å². The fourth-order valence-corrected chi connectivity index (χ4v) is 3.41. The van der Waals surface area contributed by atoms with Crippen LogP contribution in [0.15, 0.2) is 72.9 Å². The summed E-state index contributed by atoms with van der Waals surface area (Å²) in [7, 11) is 1.58. The van der Waals surface area contributed by atoms with Gasteiger partial charge in [-0.3, -0.25) is 9.59 Å². The minimum absolute atomic E-state index is 0.151. The first kappa shape index (κ1) is 19.3. The number of ether oxygens (including phenoxy) is 1. The third-order valence-electron chi connectivity index (χ3n) is 4.99. The third kappa shape index (κ3) is 3.39. The first-order chi connectivity index (χ1) is 14.5. The van der Waals surface area contributed by atoms with E-state index in [0.717, 1.165) is 5.56 Å². The molecule has 0 radical (unpaired) electrons. The molecule has 0 atom stereocenters. The van der Waals surface area contributed by atoms with E-state index in [-0.39, 0.29) is 28.6 Å². The van der Waals surface area contributed by atoms with E-state index >= 15 is 0 Å². The SMILES string of the molecule is COc1ccc(NC(=O)c2c(N)c(C(=O)c3ccc(C)cc3)n3ccccc23)cc1. The molecule has 6 nitrogen and oxygen atoms in total. The molecule has 2 aromatic heterocycles. The molecule has 0 aliphatic carbocycles.